The van der Waals surface area contributed by atoms with Crippen molar-refractivity contribution in [2.75, 3.05) is 0 Å². The van der Waals surface area contributed by atoms with E-state index in [0.29, 0.717) is 11.4 Å². The molecule has 1 aromatic rings. The highest BCUT2D eigenvalue weighted by Crippen LogP contribution is 2.26. The van der Waals surface area contributed by atoms with E-state index in [1.807, 2.05) is 0 Å². The fraction of sp³-hybridized carbons (Fsp3) is 0.167. The van der Waals surface area contributed by atoms with Gasteiger partial charge in [0, 0.05) is 0 Å². The summed E-state index contributed by atoms with van der Waals surface area (Å²) in [5, 5.41) is 0. The second kappa shape index (κ2) is 6.25. The van der Waals surface area contributed by atoms with Crippen LogP contribution in [0.5, 0.6) is 0 Å². The standard InChI is InChI=1S/C12H10N2O2/c1-2-3-4-10-5-6-11(13-8-15)7-12(10)14-9-16/h2,5-7H,1,3-4H2. The Labute approximate surface area is 93.0 Å². The van der Waals surface area contributed by atoms with Crippen LogP contribution in [0.2, 0.25) is 0 Å². The predicted octanol–water partition coefficient (Wildman–Crippen LogP) is 2.74. The van der Waals surface area contributed by atoms with Crippen molar-refractivity contribution in [3.63, 3.8) is 0 Å². The van der Waals surface area contributed by atoms with Gasteiger partial charge in [0.1, 0.15) is 0 Å². The topological polar surface area (TPSA) is 58.9 Å². The van der Waals surface area contributed by atoms with Crippen LogP contribution in [0.1, 0.15) is 12.0 Å². The smallest absolute Gasteiger partial charge is 0.211 e. The Balaban J connectivity index is 3.12. The average Bonchev–Trinajstić information content (AvgIpc) is 2.29. The monoisotopic (exact) mass is 214 g/mol. The second-order valence-electron chi connectivity index (χ2n) is 3.05. The van der Waals surface area contributed by atoms with Gasteiger partial charge in [-0.2, -0.15) is 9.98 Å². The van der Waals surface area contributed by atoms with Crippen molar-refractivity contribution < 1.29 is 9.59 Å². The molecule has 16 heavy (non-hydrogen) atoms. The van der Waals surface area contributed by atoms with Crippen molar-refractivity contribution in [3.8, 4) is 0 Å². The number of hydrogen-bond acceptors (Lipinski definition) is 4. The van der Waals surface area contributed by atoms with Gasteiger partial charge in [0.25, 0.3) is 0 Å². The van der Waals surface area contributed by atoms with E-state index < -0.39 is 0 Å². The Morgan fingerprint density at radius 3 is 2.62 bits per heavy atom. The van der Waals surface area contributed by atoms with Crippen molar-refractivity contribution in [1.29, 1.82) is 0 Å². The van der Waals surface area contributed by atoms with E-state index in [0.717, 1.165) is 18.4 Å². The minimum Gasteiger partial charge on any atom is -0.211 e. The Hall–Kier alpha value is -2.28. The zero-order valence-corrected chi connectivity index (χ0v) is 8.64. The number of hydrogen-bond donors (Lipinski definition) is 0. The zero-order valence-electron chi connectivity index (χ0n) is 8.64. The Bertz CT molecular complexity index is 482. The molecule has 0 unspecified atom stereocenters. The number of aryl methyl sites for hydroxylation is 1. The van der Waals surface area contributed by atoms with Gasteiger partial charge in [-0.1, -0.05) is 12.1 Å². The van der Waals surface area contributed by atoms with Gasteiger partial charge in [-0.3, -0.25) is 0 Å². The molecule has 0 spiro atoms. The van der Waals surface area contributed by atoms with E-state index in [1.54, 1.807) is 24.3 Å². The van der Waals surface area contributed by atoms with E-state index in [2.05, 4.69) is 16.6 Å². The highest BCUT2D eigenvalue weighted by Gasteiger charge is 2.02. The van der Waals surface area contributed by atoms with Crippen LogP contribution in [-0.2, 0) is 16.0 Å². The first-order chi connectivity index (χ1) is 7.81. The van der Waals surface area contributed by atoms with Crippen LogP contribution < -0.4 is 0 Å². The highest BCUT2D eigenvalue weighted by molar-refractivity contribution is 5.62. The van der Waals surface area contributed by atoms with Crippen molar-refractivity contribution >= 4 is 23.5 Å². The number of benzene rings is 1. The van der Waals surface area contributed by atoms with Gasteiger partial charge in [0.2, 0.25) is 12.2 Å². The Morgan fingerprint density at radius 1 is 1.25 bits per heavy atom. The van der Waals surface area contributed by atoms with Crippen LogP contribution in [0.25, 0.3) is 0 Å². The van der Waals surface area contributed by atoms with Gasteiger partial charge in [0.05, 0.1) is 11.4 Å². The lowest BCUT2D eigenvalue weighted by Crippen LogP contribution is -1.84. The molecule has 4 nitrogen and oxygen atoms in total. The van der Waals surface area contributed by atoms with Crippen molar-refractivity contribution in [3.05, 3.63) is 36.4 Å². The van der Waals surface area contributed by atoms with Crippen LogP contribution in [0.3, 0.4) is 0 Å². The van der Waals surface area contributed by atoms with Crippen molar-refractivity contribution in [2.24, 2.45) is 9.98 Å². The first-order valence-corrected chi connectivity index (χ1v) is 4.71. The van der Waals surface area contributed by atoms with Gasteiger partial charge in [0.15, 0.2) is 0 Å². The molecular formula is C12H10N2O2. The van der Waals surface area contributed by atoms with Crippen molar-refractivity contribution in [1.82, 2.24) is 0 Å². The first kappa shape index (κ1) is 11.8. The van der Waals surface area contributed by atoms with E-state index in [1.165, 1.54) is 12.2 Å². The summed E-state index contributed by atoms with van der Waals surface area (Å²) in [6.07, 6.45) is 6.22. The molecule has 1 aromatic carbocycles. The summed E-state index contributed by atoms with van der Waals surface area (Å²) in [4.78, 5) is 27.4. The number of allylic oxidation sites excluding steroid dienone is 1. The molecule has 1 rings (SSSR count). The molecule has 0 N–H and O–H groups in total. The molecule has 80 valence electrons. The maximum absolute atomic E-state index is 10.2. The molecule has 0 heterocycles. The summed E-state index contributed by atoms with van der Waals surface area (Å²) < 4.78 is 0. The SMILES string of the molecule is C=CCCc1ccc(N=C=O)cc1N=C=O. The average molecular weight is 214 g/mol. The largest absolute Gasteiger partial charge is 0.240 e. The first-order valence-electron chi connectivity index (χ1n) is 4.71. The molecule has 0 fully saturated rings. The van der Waals surface area contributed by atoms with Gasteiger partial charge < -0.3 is 0 Å². The van der Waals surface area contributed by atoms with Crippen LogP contribution in [-0.4, -0.2) is 12.2 Å². The Morgan fingerprint density at radius 2 is 2.00 bits per heavy atom. The molecule has 0 atom stereocenters. The lowest BCUT2D eigenvalue weighted by atomic mass is 10.1. The summed E-state index contributed by atoms with van der Waals surface area (Å²) in [5.74, 6) is 0. The molecule has 0 aromatic heterocycles. The third-order valence-electron chi connectivity index (χ3n) is 2.03. The molecule has 0 amide bonds. The van der Waals surface area contributed by atoms with E-state index in [-0.39, 0.29) is 0 Å². The van der Waals surface area contributed by atoms with Crippen LogP contribution >= 0.6 is 0 Å². The number of isocyanates is 2. The lowest BCUT2D eigenvalue weighted by molar-refractivity contribution is 0.564. The quantitative estimate of drug-likeness (QED) is 0.430. The maximum atomic E-state index is 10.2. The third kappa shape index (κ3) is 3.14. The molecule has 0 aliphatic heterocycles. The maximum Gasteiger partial charge on any atom is 0.240 e. The second-order valence-corrected chi connectivity index (χ2v) is 3.05. The van der Waals surface area contributed by atoms with E-state index >= 15 is 0 Å². The normalized spacial score (nSPS) is 8.75. The molecule has 0 aliphatic carbocycles. The third-order valence-corrected chi connectivity index (χ3v) is 2.03. The summed E-state index contributed by atoms with van der Waals surface area (Å²) in [6.45, 7) is 3.62. The van der Waals surface area contributed by atoms with Crippen molar-refractivity contribution in [2.45, 2.75) is 12.8 Å². The van der Waals surface area contributed by atoms with Crippen LogP contribution in [0.15, 0.2) is 40.8 Å². The summed E-state index contributed by atoms with van der Waals surface area (Å²) >= 11 is 0. The minimum atomic E-state index is 0.423. The highest BCUT2D eigenvalue weighted by atomic mass is 16.1. The molecule has 0 saturated heterocycles. The molecule has 4 heteroatoms. The minimum absolute atomic E-state index is 0.423. The molecule has 0 bridgehead atoms. The van der Waals surface area contributed by atoms with Gasteiger partial charge in [-0.25, -0.2) is 9.59 Å². The molecule has 0 radical (unpaired) electrons. The molecule has 0 saturated carbocycles. The number of nitrogens with zero attached hydrogens (tertiary/aromatic N) is 2. The number of carbonyl (C=O) groups excluding carboxylic acids is 2. The number of aliphatic imine (C=N–C) groups is 2. The van der Waals surface area contributed by atoms with Crippen LogP contribution in [0.4, 0.5) is 11.4 Å². The fourth-order valence-electron chi connectivity index (χ4n) is 1.30. The predicted molar refractivity (Wildman–Crippen MR) is 60.5 cm³/mol. The Kier molecular flexibility index (Phi) is 4.61. The lowest BCUT2D eigenvalue weighted by Gasteiger charge is -2.02. The molecular weight excluding hydrogens is 204 g/mol. The summed E-state index contributed by atoms with van der Waals surface area (Å²) in [5.41, 5.74) is 1.80. The van der Waals surface area contributed by atoms with Gasteiger partial charge >= 0.3 is 0 Å². The van der Waals surface area contributed by atoms with E-state index in [9.17, 15) is 9.59 Å². The zero-order chi connectivity index (χ0) is 11.8. The van der Waals surface area contributed by atoms with Gasteiger partial charge in [-0.05, 0) is 30.5 Å². The number of rotatable bonds is 5. The fourth-order valence-corrected chi connectivity index (χ4v) is 1.30. The van der Waals surface area contributed by atoms with Gasteiger partial charge in [-0.15, -0.1) is 6.58 Å². The summed E-state index contributed by atoms with van der Waals surface area (Å²) in [7, 11) is 0. The van der Waals surface area contributed by atoms with E-state index in [4.69, 9.17) is 0 Å². The summed E-state index contributed by atoms with van der Waals surface area (Å²) in [6, 6.07) is 5.00. The molecule has 0 aliphatic rings. The van der Waals surface area contributed by atoms with Crippen LogP contribution in [0, 0.1) is 0 Å².